The van der Waals surface area contributed by atoms with Gasteiger partial charge in [0, 0.05) is 19.6 Å². The molecule has 0 heterocycles. The van der Waals surface area contributed by atoms with Gasteiger partial charge in [-0.3, -0.25) is 4.90 Å². The summed E-state index contributed by atoms with van der Waals surface area (Å²) in [5, 5.41) is 0. The van der Waals surface area contributed by atoms with Crippen molar-refractivity contribution in [1.82, 2.24) is 4.90 Å². The molecule has 0 fully saturated rings. The van der Waals surface area contributed by atoms with Crippen molar-refractivity contribution in [3.63, 3.8) is 0 Å². The Kier molecular flexibility index (Phi) is 5.85. The Bertz CT molecular complexity index is 429. The number of halogens is 6. The summed E-state index contributed by atoms with van der Waals surface area (Å²) in [6, 6.07) is 4.66. The van der Waals surface area contributed by atoms with E-state index >= 15 is 0 Å². The number of hydrogen-bond acceptors (Lipinski definition) is 3. The second-order valence-electron chi connectivity index (χ2n) is 4.31. The van der Waals surface area contributed by atoms with E-state index < -0.39 is 24.8 Å². The van der Waals surface area contributed by atoms with Crippen molar-refractivity contribution in [2.45, 2.75) is 19.1 Å². The Labute approximate surface area is 117 Å². The summed E-state index contributed by atoms with van der Waals surface area (Å²) < 4.78 is 76.6. The number of hydrogen-bond donors (Lipinski definition) is 1. The van der Waals surface area contributed by atoms with Gasteiger partial charge in [-0.05, 0) is 17.7 Å². The smallest absolute Gasteiger partial charge is 0.406 e. The Morgan fingerprint density at radius 3 is 2.00 bits per heavy atom. The van der Waals surface area contributed by atoms with Crippen molar-refractivity contribution in [3.8, 4) is 5.75 Å². The molecule has 21 heavy (non-hydrogen) atoms. The lowest BCUT2D eigenvalue weighted by molar-refractivity contribution is -0.274. The minimum atomic E-state index is -4.80. The van der Waals surface area contributed by atoms with Crippen molar-refractivity contribution in [3.05, 3.63) is 29.8 Å². The van der Waals surface area contributed by atoms with Crippen LogP contribution in [0.1, 0.15) is 5.56 Å². The quantitative estimate of drug-likeness (QED) is 0.820. The van der Waals surface area contributed by atoms with Gasteiger partial charge in [-0.15, -0.1) is 13.2 Å². The van der Waals surface area contributed by atoms with E-state index in [1.54, 1.807) is 0 Å². The molecule has 0 bridgehead atoms. The molecule has 0 radical (unpaired) electrons. The Hall–Kier alpha value is -1.48. The van der Waals surface area contributed by atoms with Crippen LogP contribution in [0.3, 0.4) is 0 Å². The molecule has 0 aromatic heterocycles. The molecule has 0 saturated heterocycles. The summed E-state index contributed by atoms with van der Waals surface area (Å²) in [5.41, 5.74) is 5.67. The van der Waals surface area contributed by atoms with Gasteiger partial charge in [-0.2, -0.15) is 13.2 Å². The monoisotopic (exact) mass is 316 g/mol. The van der Waals surface area contributed by atoms with Gasteiger partial charge in [0.05, 0.1) is 6.54 Å². The van der Waals surface area contributed by atoms with Gasteiger partial charge in [0.2, 0.25) is 0 Å². The lowest BCUT2D eigenvalue weighted by Gasteiger charge is -2.23. The molecule has 1 rings (SSSR count). The number of ether oxygens (including phenoxy) is 1. The van der Waals surface area contributed by atoms with Crippen LogP contribution in [0.25, 0.3) is 0 Å². The molecular formula is C12H14F6N2O. The maximum atomic E-state index is 12.4. The zero-order valence-corrected chi connectivity index (χ0v) is 10.8. The highest BCUT2D eigenvalue weighted by Gasteiger charge is 2.31. The van der Waals surface area contributed by atoms with Crippen molar-refractivity contribution < 1.29 is 31.1 Å². The molecule has 3 nitrogen and oxygen atoms in total. The predicted octanol–water partition coefficient (Wildman–Crippen LogP) is 2.91. The van der Waals surface area contributed by atoms with E-state index in [4.69, 9.17) is 5.73 Å². The molecule has 0 atom stereocenters. The van der Waals surface area contributed by atoms with Crippen LogP contribution in [0.4, 0.5) is 26.3 Å². The van der Waals surface area contributed by atoms with Crippen LogP contribution in [0.5, 0.6) is 5.75 Å². The van der Waals surface area contributed by atoms with Crippen LogP contribution in [-0.4, -0.2) is 37.1 Å². The summed E-state index contributed by atoms with van der Waals surface area (Å²) in [6.45, 7) is -1.13. The molecule has 120 valence electrons. The van der Waals surface area contributed by atoms with Crippen LogP contribution in [0.2, 0.25) is 0 Å². The molecule has 2 N–H and O–H groups in total. The molecule has 0 unspecified atom stereocenters. The van der Waals surface area contributed by atoms with Crippen LogP contribution < -0.4 is 10.5 Å². The molecule has 0 aliphatic rings. The van der Waals surface area contributed by atoms with E-state index in [9.17, 15) is 26.3 Å². The third-order valence-corrected chi connectivity index (χ3v) is 2.41. The van der Waals surface area contributed by atoms with E-state index in [0.717, 1.165) is 17.0 Å². The fourth-order valence-electron chi connectivity index (χ4n) is 1.70. The van der Waals surface area contributed by atoms with E-state index in [1.165, 1.54) is 12.1 Å². The molecule has 0 aliphatic carbocycles. The third-order valence-electron chi connectivity index (χ3n) is 2.41. The third kappa shape index (κ3) is 7.76. The van der Waals surface area contributed by atoms with Crippen LogP contribution in [0, 0.1) is 0 Å². The predicted molar refractivity (Wildman–Crippen MR) is 63.5 cm³/mol. The number of nitrogens with zero attached hydrogens (tertiary/aromatic N) is 1. The standard InChI is InChI=1S/C12H14F6N2O/c13-11(14,15)8-20(6-5-19)7-9-1-3-10(4-2-9)21-12(16,17)18/h1-4H,5-8,19H2. The summed E-state index contributed by atoms with van der Waals surface area (Å²) in [6.07, 6.45) is -9.17. The van der Waals surface area contributed by atoms with Crippen LogP contribution >= 0.6 is 0 Å². The molecule has 0 aliphatic heterocycles. The Morgan fingerprint density at radius 1 is 1.00 bits per heavy atom. The highest BCUT2D eigenvalue weighted by atomic mass is 19.4. The second-order valence-corrected chi connectivity index (χ2v) is 4.31. The Morgan fingerprint density at radius 2 is 1.57 bits per heavy atom. The van der Waals surface area contributed by atoms with E-state index in [-0.39, 0.29) is 19.6 Å². The van der Waals surface area contributed by atoms with E-state index in [2.05, 4.69) is 4.74 Å². The highest BCUT2D eigenvalue weighted by molar-refractivity contribution is 5.27. The molecule has 1 aromatic carbocycles. The average Bonchev–Trinajstić information content (AvgIpc) is 2.28. The Balaban J connectivity index is 2.67. The highest BCUT2D eigenvalue weighted by Crippen LogP contribution is 2.23. The minimum absolute atomic E-state index is 0.0281. The molecule has 0 amide bonds. The summed E-state index contributed by atoms with van der Waals surface area (Å²) in [5.74, 6) is -0.424. The fourth-order valence-corrected chi connectivity index (χ4v) is 1.70. The molecule has 0 saturated carbocycles. The van der Waals surface area contributed by atoms with Crippen LogP contribution in [-0.2, 0) is 6.54 Å². The van der Waals surface area contributed by atoms with Crippen LogP contribution in [0.15, 0.2) is 24.3 Å². The van der Waals surface area contributed by atoms with Crippen molar-refractivity contribution in [2.75, 3.05) is 19.6 Å². The van der Waals surface area contributed by atoms with Crippen molar-refractivity contribution >= 4 is 0 Å². The average molecular weight is 316 g/mol. The number of benzene rings is 1. The number of rotatable bonds is 6. The van der Waals surface area contributed by atoms with Crippen molar-refractivity contribution in [2.24, 2.45) is 5.73 Å². The van der Waals surface area contributed by atoms with E-state index in [0.29, 0.717) is 5.56 Å². The fraction of sp³-hybridized carbons (Fsp3) is 0.500. The van der Waals surface area contributed by atoms with Crippen molar-refractivity contribution in [1.29, 1.82) is 0 Å². The maximum Gasteiger partial charge on any atom is 0.573 e. The van der Waals surface area contributed by atoms with Gasteiger partial charge in [0.15, 0.2) is 0 Å². The number of nitrogens with two attached hydrogens (primary N) is 1. The zero-order valence-electron chi connectivity index (χ0n) is 10.8. The number of alkyl halides is 6. The maximum absolute atomic E-state index is 12.4. The van der Waals surface area contributed by atoms with Gasteiger partial charge in [0.25, 0.3) is 0 Å². The first-order chi connectivity index (χ1) is 9.59. The lowest BCUT2D eigenvalue weighted by Crippen LogP contribution is -2.37. The largest absolute Gasteiger partial charge is 0.573 e. The summed E-state index contributed by atoms with van der Waals surface area (Å²) >= 11 is 0. The summed E-state index contributed by atoms with van der Waals surface area (Å²) in [4.78, 5) is 1.07. The minimum Gasteiger partial charge on any atom is -0.406 e. The zero-order chi connectivity index (χ0) is 16.1. The van der Waals surface area contributed by atoms with Gasteiger partial charge in [-0.25, -0.2) is 0 Å². The molecule has 1 aromatic rings. The van der Waals surface area contributed by atoms with Gasteiger partial charge >= 0.3 is 12.5 Å². The van der Waals surface area contributed by atoms with E-state index in [1.807, 2.05) is 0 Å². The lowest BCUT2D eigenvalue weighted by atomic mass is 10.2. The van der Waals surface area contributed by atoms with Gasteiger partial charge in [-0.1, -0.05) is 12.1 Å². The molecule has 9 heteroatoms. The van der Waals surface area contributed by atoms with Gasteiger partial charge in [0.1, 0.15) is 5.75 Å². The summed E-state index contributed by atoms with van der Waals surface area (Å²) in [7, 11) is 0. The molecular weight excluding hydrogens is 302 g/mol. The topological polar surface area (TPSA) is 38.5 Å². The normalized spacial score (nSPS) is 12.8. The SMILES string of the molecule is NCCN(Cc1ccc(OC(F)(F)F)cc1)CC(F)(F)F. The first kappa shape index (κ1) is 17.6. The first-order valence-corrected chi connectivity index (χ1v) is 5.93. The van der Waals surface area contributed by atoms with Gasteiger partial charge < -0.3 is 10.5 Å². The first-order valence-electron chi connectivity index (χ1n) is 5.93. The molecule has 0 spiro atoms. The second kappa shape index (κ2) is 6.99.